The Kier molecular flexibility index (Phi) is 10.6. The standard InChI is InChI=1S/C18H26N4OS.HI/c1-14(2)17-12-15(23-22-17)13-21-18(19-3)20-10-7-11-24-16-8-5-4-6-9-16;/h4-6,8-9,12,14H,7,10-11,13H2,1-3H3,(H2,19,20,21);1H. The summed E-state index contributed by atoms with van der Waals surface area (Å²) in [6.45, 7) is 5.66. The largest absolute Gasteiger partial charge is 0.359 e. The number of rotatable bonds is 8. The lowest BCUT2D eigenvalue weighted by atomic mass is 10.1. The Hall–Kier alpha value is -1.22. The monoisotopic (exact) mass is 474 g/mol. The van der Waals surface area contributed by atoms with E-state index in [9.17, 15) is 0 Å². The van der Waals surface area contributed by atoms with Crippen LogP contribution in [0.2, 0.25) is 0 Å². The number of nitrogens with one attached hydrogen (secondary N) is 2. The van der Waals surface area contributed by atoms with Crippen LogP contribution in [0.1, 0.15) is 37.6 Å². The molecule has 0 unspecified atom stereocenters. The Balaban J connectivity index is 0.00000312. The van der Waals surface area contributed by atoms with Gasteiger partial charge in [-0.05, 0) is 30.2 Å². The molecule has 138 valence electrons. The molecule has 0 aliphatic heterocycles. The number of aromatic nitrogens is 1. The minimum atomic E-state index is 0. The van der Waals surface area contributed by atoms with Crippen LogP contribution in [0.5, 0.6) is 0 Å². The summed E-state index contributed by atoms with van der Waals surface area (Å²) in [7, 11) is 1.77. The Labute approximate surface area is 171 Å². The predicted molar refractivity (Wildman–Crippen MR) is 116 cm³/mol. The number of benzene rings is 1. The van der Waals surface area contributed by atoms with Crippen molar-refractivity contribution >= 4 is 41.7 Å². The van der Waals surface area contributed by atoms with Crippen molar-refractivity contribution in [2.24, 2.45) is 4.99 Å². The molecule has 1 aromatic heterocycles. The maximum absolute atomic E-state index is 5.31. The van der Waals surface area contributed by atoms with E-state index >= 15 is 0 Å². The third-order valence-electron chi connectivity index (χ3n) is 3.45. The Bertz CT molecular complexity index is 631. The molecule has 7 heteroatoms. The molecule has 0 saturated heterocycles. The van der Waals surface area contributed by atoms with Crippen molar-refractivity contribution < 1.29 is 4.52 Å². The summed E-state index contributed by atoms with van der Waals surface area (Å²) in [5, 5.41) is 10.6. The van der Waals surface area contributed by atoms with Crippen LogP contribution in [-0.4, -0.2) is 30.5 Å². The quantitative estimate of drug-likeness (QED) is 0.197. The van der Waals surface area contributed by atoms with Gasteiger partial charge in [0.2, 0.25) is 0 Å². The number of hydrogen-bond donors (Lipinski definition) is 2. The summed E-state index contributed by atoms with van der Waals surface area (Å²) in [5.41, 5.74) is 0.979. The van der Waals surface area contributed by atoms with Gasteiger partial charge in [-0.25, -0.2) is 0 Å². The summed E-state index contributed by atoms with van der Waals surface area (Å²) in [6.07, 6.45) is 1.07. The van der Waals surface area contributed by atoms with Crippen LogP contribution >= 0.6 is 35.7 Å². The number of hydrogen-bond acceptors (Lipinski definition) is 4. The zero-order chi connectivity index (χ0) is 17.2. The van der Waals surface area contributed by atoms with Crippen molar-refractivity contribution in [2.45, 2.75) is 37.6 Å². The molecule has 0 spiro atoms. The lowest BCUT2D eigenvalue weighted by Gasteiger charge is -2.10. The topological polar surface area (TPSA) is 62.5 Å². The van der Waals surface area contributed by atoms with Crippen molar-refractivity contribution in [1.82, 2.24) is 15.8 Å². The molecule has 0 radical (unpaired) electrons. The molecule has 2 rings (SSSR count). The molecule has 0 amide bonds. The van der Waals surface area contributed by atoms with E-state index in [0.717, 1.165) is 36.1 Å². The molecule has 5 nitrogen and oxygen atoms in total. The summed E-state index contributed by atoms with van der Waals surface area (Å²) >= 11 is 1.87. The average Bonchev–Trinajstić information content (AvgIpc) is 3.07. The fourth-order valence-corrected chi connectivity index (χ4v) is 2.94. The van der Waals surface area contributed by atoms with Crippen LogP contribution < -0.4 is 10.6 Å². The van der Waals surface area contributed by atoms with E-state index in [1.165, 1.54) is 4.90 Å². The lowest BCUT2D eigenvalue weighted by Crippen LogP contribution is -2.37. The molecule has 1 heterocycles. The molecule has 2 N–H and O–H groups in total. The summed E-state index contributed by atoms with van der Waals surface area (Å²) in [4.78, 5) is 5.54. The zero-order valence-electron chi connectivity index (χ0n) is 15.0. The fourth-order valence-electron chi connectivity index (χ4n) is 2.06. The lowest BCUT2D eigenvalue weighted by molar-refractivity contribution is 0.372. The van der Waals surface area contributed by atoms with E-state index < -0.39 is 0 Å². The second kappa shape index (κ2) is 12.2. The molecule has 0 aliphatic carbocycles. The zero-order valence-corrected chi connectivity index (χ0v) is 18.1. The van der Waals surface area contributed by atoms with E-state index in [4.69, 9.17) is 4.52 Å². The van der Waals surface area contributed by atoms with Gasteiger partial charge >= 0.3 is 0 Å². The van der Waals surface area contributed by atoms with Crippen molar-refractivity contribution in [3.8, 4) is 0 Å². The highest BCUT2D eigenvalue weighted by molar-refractivity contribution is 14.0. The third kappa shape index (κ3) is 8.13. The van der Waals surface area contributed by atoms with Crippen molar-refractivity contribution in [3.05, 3.63) is 47.9 Å². The molecule has 0 fully saturated rings. The van der Waals surface area contributed by atoms with Gasteiger partial charge in [0.1, 0.15) is 0 Å². The molecule has 0 saturated carbocycles. The summed E-state index contributed by atoms with van der Waals surface area (Å²) in [5.74, 6) is 3.05. The van der Waals surface area contributed by atoms with Crippen molar-refractivity contribution in [1.29, 1.82) is 0 Å². The van der Waals surface area contributed by atoms with Gasteiger partial charge in [-0.15, -0.1) is 35.7 Å². The van der Waals surface area contributed by atoms with Crippen LogP contribution in [0.25, 0.3) is 0 Å². The molecule has 1 aromatic carbocycles. The Morgan fingerprint density at radius 1 is 1.24 bits per heavy atom. The minimum absolute atomic E-state index is 0. The van der Waals surface area contributed by atoms with Crippen LogP contribution in [-0.2, 0) is 6.54 Å². The third-order valence-corrected chi connectivity index (χ3v) is 4.55. The van der Waals surface area contributed by atoms with E-state index in [1.807, 2.05) is 23.9 Å². The molecule has 2 aromatic rings. The molecule has 25 heavy (non-hydrogen) atoms. The first-order chi connectivity index (χ1) is 11.7. The first-order valence-corrected chi connectivity index (χ1v) is 9.25. The number of guanidine groups is 1. The molecule has 0 bridgehead atoms. The first-order valence-electron chi connectivity index (χ1n) is 8.27. The van der Waals surface area contributed by atoms with Gasteiger partial charge in [0.05, 0.1) is 12.2 Å². The minimum Gasteiger partial charge on any atom is -0.359 e. The van der Waals surface area contributed by atoms with Gasteiger partial charge in [-0.3, -0.25) is 4.99 Å². The van der Waals surface area contributed by atoms with Crippen LogP contribution in [0.3, 0.4) is 0 Å². The van der Waals surface area contributed by atoms with Crippen LogP contribution in [0, 0.1) is 0 Å². The smallest absolute Gasteiger partial charge is 0.191 e. The van der Waals surface area contributed by atoms with Crippen molar-refractivity contribution in [2.75, 3.05) is 19.3 Å². The van der Waals surface area contributed by atoms with Gasteiger partial charge in [0, 0.05) is 24.6 Å². The number of nitrogens with zero attached hydrogens (tertiary/aromatic N) is 2. The average molecular weight is 474 g/mol. The maximum atomic E-state index is 5.31. The van der Waals surface area contributed by atoms with E-state index in [2.05, 4.69) is 58.9 Å². The highest BCUT2D eigenvalue weighted by Gasteiger charge is 2.08. The van der Waals surface area contributed by atoms with E-state index in [-0.39, 0.29) is 24.0 Å². The van der Waals surface area contributed by atoms with Gasteiger partial charge in [0.25, 0.3) is 0 Å². The predicted octanol–water partition coefficient (Wildman–Crippen LogP) is 4.26. The molecule has 0 atom stereocenters. The molecular weight excluding hydrogens is 447 g/mol. The van der Waals surface area contributed by atoms with Crippen molar-refractivity contribution in [3.63, 3.8) is 0 Å². The van der Waals surface area contributed by atoms with Gasteiger partial charge in [-0.2, -0.15) is 0 Å². The highest BCUT2D eigenvalue weighted by Crippen LogP contribution is 2.17. The van der Waals surface area contributed by atoms with E-state index in [0.29, 0.717) is 12.5 Å². The van der Waals surface area contributed by atoms with Crippen LogP contribution in [0.4, 0.5) is 0 Å². The van der Waals surface area contributed by atoms with E-state index in [1.54, 1.807) is 7.05 Å². The number of halogens is 1. The van der Waals surface area contributed by atoms with Crippen LogP contribution in [0.15, 0.2) is 50.8 Å². The maximum Gasteiger partial charge on any atom is 0.191 e. The highest BCUT2D eigenvalue weighted by atomic mass is 127. The fraction of sp³-hybridized carbons (Fsp3) is 0.444. The van der Waals surface area contributed by atoms with Gasteiger partial charge in [-0.1, -0.05) is 37.2 Å². The SMILES string of the molecule is CN=C(NCCCSc1ccccc1)NCc1cc(C(C)C)no1.I. The molecular formula is C18H27IN4OS. The summed E-state index contributed by atoms with van der Waals surface area (Å²) in [6, 6.07) is 12.4. The second-order valence-corrected chi connectivity index (χ2v) is 6.91. The number of aliphatic imine (C=N–C) groups is 1. The Morgan fingerprint density at radius 2 is 2.00 bits per heavy atom. The summed E-state index contributed by atoms with van der Waals surface area (Å²) < 4.78 is 5.31. The second-order valence-electron chi connectivity index (χ2n) is 5.74. The van der Waals surface area contributed by atoms with Gasteiger partial charge < -0.3 is 15.2 Å². The normalized spacial score (nSPS) is 11.3. The number of thioether (sulfide) groups is 1. The Morgan fingerprint density at radius 3 is 2.64 bits per heavy atom. The molecule has 0 aliphatic rings. The van der Waals surface area contributed by atoms with Gasteiger partial charge in [0.15, 0.2) is 11.7 Å². The first kappa shape index (κ1) is 21.8.